The van der Waals surface area contributed by atoms with Crippen LogP contribution in [0.1, 0.15) is 75.2 Å². The number of piperidine rings is 1. The lowest BCUT2D eigenvalue weighted by atomic mass is 9.81. The van der Waals surface area contributed by atoms with Gasteiger partial charge in [0.25, 0.3) is 0 Å². The molecular formula is C26H44BN5O5. The fourth-order valence-corrected chi connectivity index (χ4v) is 4.34. The number of rotatable bonds is 7. The quantitative estimate of drug-likeness (QED) is 0.531. The normalized spacial score (nSPS) is 22.1. The molecule has 1 aromatic rings. The summed E-state index contributed by atoms with van der Waals surface area (Å²) in [5, 5.41) is 6.08. The second-order valence-electron chi connectivity index (χ2n) is 12.5. The summed E-state index contributed by atoms with van der Waals surface area (Å²) in [5.74, 6) is 0.636. The summed E-state index contributed by atoms with van der Waals surface area (Å²) in [6, 6.07) is -0.632. The first-order valence-electron chi connectivity index (χ1n) is 13.3. The Morgan fingerprint density at radius 1 is 1.16 bits per heavy atom. The molecule has 0 bridgehead atoms. The molecule has 0 saturated carbocycles. The van der Waals surface area contributed by atoms with Gasteiger partial charge in [0.15, 0.2) is 0 Å². The van der Waals surface area contributed by atoms with Crippen molar-refractivity contribution < 1.29 is 23.6 Å². The average molecular weight is 517 g/mol. The molecule has 2 N–H and O–H groups in total. The van der Waals surface area contributed by atoms with Crippen molar-refractivity contribution in [3.8, 4) is 0 Å². The predicted molar refractivity (Wildman–Crippen MR) is 144 cm³/mol. The van der Waals surface area contributed by atoms with Gasteiger partial charge in [-0.25, -0.2) is 14.8 Å². The molecule has 2 atom stereocenters. The van der Waals surface area contributed by atoms with Gasteiger partial charge in [0.1, 0.15) is 11.6 Å². The zero-order valence-electron chi connectivity index (χ0n) is 23.9. The molecule has 3 rings (SSSR count). The summed E-state index contributed by atoms with van der Waals surface area (Å²) in [5.41, 5.74) is -0.691. The van der Waals surface area contributed by atoms with E-state index in [4.69, 9.17) is 14.0 Å². The Bertz CT molecular complexity index is 932. The van der Waals surface area contributed by atoms with Gasteiger partial charge in [-0.1, -0.05) is 13.8 Å². The molecule has 206 valence electrons. The molecule has 2 fully saturated rings. The molecule has 37 heavy (non-hydrogen) atoms. The molecule has 2 saturated heterocycles. The Labute approximate surface area is 221 Å². The van der Waals surface area contributed by atoms with Gasteiger partial charge in [-0.2, -0.15) is 0 Å². The van der Waals surface area contributed by atoms with Gasteiger partial charge in [-0.15, -0.1) is 0 Å². The molecule has 2 aliphatic heterocycles. The van der Waals surface area contributed by atoms with Crippen LogP contribution in [0.3, 0.4) is 0 Å². The number of aromatic nitrogens is 2. The highest BCUT2D eigenvalue weighted by molar-refractivity contribution is 6.61. The van der Waals surface area contributed by atoms with Crippen LogP contribution in [-0.2, 0) is 18.8 Å². The maximum atomic E-state index is 13.3. The number of nitrogens with one attached hydrogen (secondary N) is 2. The van der Waals surface area contributed by atoms with Crippen LogP contribution in [0, 0.1) is 11.8 Å². The number of carbonyl (C=O) groups excluding carboxylic acids is 2. The number of ether oxygens (including phenoxy) is 1. The zero-order valence-corrected chi connectivity index (χ0v) is 23.9. The van der Waals surface area contributed by atoms with E-state index in [1.807, 2.05) is 46.4 Å². The summed E-state index contributed by atoms with van der Waals surface area (Å²) in [6.07, 6.45) is 4.77. The molecule has 0 radical (unpaired) electrons. The molecule has 0 aliphatic carbocycles. The number of likely N-dealkylation sites (tertiary alicyclic amines) is 1. The standard InChI is InChI=1S/C26H44BN5O5/c1-17(2)20(31-23(34)35-24(3,4)5)21(33)32-12-10-11-18(16-32)13-28-22-29-14-19(15-30-22)27-36-25(6,7)26(8,9)37-27/h14-15,17-18,20H,10-13,16H2,1-9H3,(H,31,34)(H,28,29,30)/t18-,20+/m1/s1. The average Bonchev–Trinajstić information content (AvgIpc) is 3.01. The predicted octanol–water partition coefficient (Wildman–Crippen LogP) is 2.98. The zero-order chi connectivity index (χ0) is 27.6. The maximum Gasteiger partial charge on any atom is 0.498 e. The van der Waals surface area contributed by atoms with E-state index in [1.165, 1.54) is 0 Å². The summed E-state index contributed by atoms with van der Waals surface area (Å²) in [6.45, 7) is 19.2. The molecule has 3 heterocycles. The SMILES string of the molecule is CC(C)[C@H](NC(=O)OC(C)(C)C)C(=O)N1CCC[C@H](CNc2ncc(B3OC(C)(C)C(C)(C)O3)cn2)C1. The topological polar surface area (TPSA) is 115 Å². The molecule has 0 spiro atoms. The van der Waals surface area contributed by atoms with Crippen LogP contribution in [0.5, 0.6) is 0 Å². The van der Waals surface area contributed by atoms with Crippen molar-refractivity contribution in [3.63, 3.8) is 0 Å². The van der Waals surface area contributed by atoms with E-state index in [-0.39, 0.29) is 17.7 Å². The molecule has 0 aromatic carbocycles. The highest BCUT2D eigenvalue weighted by atomic mass is 16.7. The van der Waals surface area contributed by atoms with E-state index < -0.39 is 36.1 Å². The van der Waals surface area contributed by atoms with Gasteiger partial charge in [-0.05, 0) is 73.1 Å². The van der Waals surface area contributed by atoms with Crippen molar-refractivity contribution in [1.82, 2.24) is 20.2 Å². The minimum Gasteiger partial charge on any atom is -0.444 e. The highest BCUT2D eigenvalue weighted by Crippen LogP contribution is 2.36. The van der Waals surface area contributed by atoms with Crippen LogP contribution in [-0.4, -0.2) is 76.5 Å². The lowest BCUT2D eigenvalue weighted by Gasteiger charge is -2.36. The van der Waals surface area contributed by atoms with Crippen LogP contribution in [0.15, 0.2) is 12.4 Å². The second kappa shape index (κ2) is 11.1. The molecule has 11 heteroatoms. The first kappa shape index (κ1) is 29.2. The van der Waals surface area contributed by atoms with Gasteiger partial charge in [0.05, 0.1) is 11.2 Å². The van der Waals surface area contributed by atoms with Gasteiger partial charge in [-0.3, -0.25) is 4.79 Å². The monoisotopic (exact) mass is 517 g/mol. The maximum absolute atomic E-state index is 13.3. The highest BCUT2D eigenvalue weighted by Gasteiger charge is 2.52. The second-order valence-corrected chi connectivity index (χ2v) is 12.5. The Morgan fingerprint density at radius 2 is 1.76 bits per heavy atom. The van der Waals surface area contributed by atoms with Gasteiger partial charge < -0.3 is 29.6 Å². The number of nitrogens with zero attached hydrogens (tertiary/aromatic N) is 3. The molecule has 2 amide bonds. The van der Waals surface area contributed by atoms with Crippen LogP contribution >= 0.6 is 0 Å². The van der Waals surface area contributed by atoms with Gasteiger partial charge >= 0.3 is 13.2 Å². The van der Waals surface area contributed by atoms with Crippen LogP contribution in [0.4, 0.5) is 10.7 Å². The molecular weight excluding hydrogens is 473 g/mol. The van der Waals surface area contributed by atoms with E-state index in [1.54, 1.807) is 33.2 Å². The number of hydrogen-bond donors (Lipinski definition) is 2. The molecule has 1 aromatic heterocycles. The van der Waals surface area contributed by atoms with Crippen molar-refractivity contribution in [2.45, 2.75) is 98.0 Å². The largest absolute Gasteiger partial charge is 0.498 e. The van der Waals surface area contributed by atoms with E-state index in [0.717, 1.165) is 18.3 Å². The number of amides is 2. The van der Waals surface area contributed by atoms with Crippen molar-refractivity contribution >= 4 is 30.5 Å². The molecule has 2 aliphatic rings. The van der Waals surface area contributed by atoms with Crippen molar-refractivity contribution in [2.75, 3.05) is 25.0 Å². The van der Waals surface area contributed by atoms with E-state index >= 15 is 0 Å². The number of alkyl carbamates (subject to hydrolysis) is 1. The van der Waals surface area contributed by atoms with Crippen molar-refractivity contribution in [1.29, 1.82) is 0 Å². The van der Waals surface area contributed by atoms with Crippen LogP contribution in [0.2, 0.25) is 0 Å². The van der Waals surface area contributed by atoms with E-state index in [0.29, 0.717) is 25.6 Å². The Hall–Kier alpha value is -2.40. The smallest absolute Gasteiger partial charge is 0.444 e. The minimum atomic E-state index is -0.632. The lowest BCUT2D eigenvalue weighted by Crippen LogP contribution is -2.54. The first-order chi connectivity index (χ1) is 17.1. The van der Waals surface area contributed by atoms with Crippen molar-refractivity contribution in [3.05, 3.63) is 12.4 Å². The van der Waals surface area contributed by atoms with Crippen LogP contribution in [0.25, 0.3) is 0 Å². The minimum absolute atomic E-state index is 0.0607. The lowest BCUT2D eigenvalue weighted by molar-refractivity contribution is -0.136. The summed E-state index contributed by atoms with van der Waals surface area (Å²) in [4.78, 5) is 36.4. The summed E-state index contributed by atoms with van der Waals surface area (Å²) >= 11 is 0. The Balaban J connectivity index is 1.53. The molecule has 0 unspecified atom stereocenters. The van der Waals surface area contributed by atoms with Gasteiger partial charge in [0.2, 0.25) is 11.9 Å². The number of hydrogen-bond acceptors (Lipinski definition) is 8. The fourth-order valence-electron chi connectivity index (χ4n) is 4.34. The third kappa shape index (κ3) is 7.57. The Kier molecular flexibility index (Phi) is 8.79. The van der Waals surface area contributed by atoms with Gasteiger partial charge in [0, 0.05) is 37.5 Å². The summed E-state index contributed by atoms with van der Waals surface area (Å²) < 4.78 is 17.5. The Morgan fingerprint density at radius 3 is 2.30 bits per heavy atom. The first-order valence-corrected chi connectivity index (χ1v) is 13.3. The fraction of sp³-hybridized carbons (Fsp3) is 0.769. The van der Waals surface area contributed by atoms with Crippen LogP contribution < -0.4 is 16.1 Å². The third-order valence-corrected chi connectivity index (χ3v) is 7.18. The summed E-state index contributed by atoms with van der Waals surface area (Å²) in [7, 11) is -0.500. The molecule has 10 nitrogen and oxygen atoms in total. The van der Waals surface area contributed by atoms with Crippen molar-refractivity contribution in [2.24, 2.45) is 11.8 Å². The van der Waals surface area contributed by atoms with E-state index in [9.17, 15) is 9.59 Å². The third-order valence-electron chi connectivity index (χ3n) is 7.18. The number of carbonyl (C=O) groups is 2. The van der Waals surface area contributed by atoms with E-state index in [2.05, 4.69) is 20.6 Å². The number of anilines is 1.